The molecular formula is C17H24N2O4. The van der Waals surface area contributed by atoms with E-state index in [0.717, 1.165) is 5.75 Å². The molecule has 23 heavy (non-hydrogen) atoms. The van der Waals surface area contributed by atoms with Crippen LogP contribution in [0.5, 0.6) is 5.75 Å². The van der Waals surface area contributed by atoms with Crippen molar-refractivity contribution in [2.24, 2.45) is 0 Å². The molecule has 0 saturated carbocycles. The molecule has 1 saturated heterocycles. The van der Waals surface area contributed by atoms with E-state index >= 15 is 0 Å². The van der Waals surface area contributed by atoms with E-state index in [9.17, 15) is 14.7 Å². The van der Waals surface area contributed by atoms with Gasteiger partial charge in [-0.15, -0.1) is 0 Å². The summed E-state index contributed by atoms with van der Waals surface area (Å²) in [7, 11) is 3.82. The first-order valence-corrected chi connectivity index (χ1v) is 7.85. The second kappa shape index (κ2) is 7.97. The lowest BCUT2D eigenvalue weighted by Gasteiger charge is -2.22. The molecule has 1 amide bonds. The van der Waals surface area contributed by atoms with Crippen LogP contribution in [0.2, 0.25) is 0 Å². The van der Waals surface area contributed by atoms with Crippen LogP contribution in [0.3, 0.4) is 0 Å². The highest BCUT2D eigenvalue weighted by Gasteiger charge is 2.39. The predicted molar refractivity (Wildman–Crippen MR) is 86.4 cm³/mol. The topological polar surface area (TPSA) is 70.1 Å². The summed E-state index contributed by atoms with van der Waals surface area (Å²) in [4.78, 5) is 27.2. The molecule has 1 fully saturated rings. The van der Waals surface area contributed by atoms with Gasteiger partial charge < -0.3 is 19.6 Å². The number of likely N-dealkylation sites (N-methyl/N-ethyl adjacent to an activating group) is 1. The van der Waals surface area contributed by atoms with E-state index in [1.54, 1.807) is 0 Å². The first-order valence-electron chi connectivity index (χ1n) is 7.85. The Balaban J connectivity index is 1.80. The van der Waals surface area contributed by atoms with E-state index in [2.05, 4.69) is 0 Å². The van der Waals surface area contributed by atoms with Gasteiger partial charge >= 0.3 is 5.97 Å². The molecule has 0 unspecified atom stereocenters. The van der Waals surface area contributed by atoms with Gasteiger partial charge in [0.25, 0.3) is 0 Å². The molecule has 0 spiro atoms. The van der Waals surface area contributed by atoms with Crippen LogP contribution in [0, 0.1) is 0 Å². The van der Waals surface area contributed by atoms with Crippen molar-refractivity contribution in [3.63, 3.8) is 0 Å². The van der Waals surface area contributed by atoms with Crippen LogP contribution in [0.4, 0.5) is 0 Å². The van der Waals surface area contributed by atoms with Crippen molar-refractivity contribution < 1.29 is 19.4 Å². The highest BCUT2D eigenvalue weighted by atomic mass is 16.5. The maximum absolute atomic E-state index is 12.3. The first kappa shape index (κ1) is 17.3. The quantitative estimate of drug-likeness (QED) is 0.770. The highest BCUT2D eigenvalue weighted by Crippen LogP contribution is 2.22. The van der Waals surface area contributed by atoms with E-state index < -0.39 is 12.0 Å². The Bertz CT molecular complexity index is 533. The Morgan fingerprint density at radius 1 is 1.30 bits per heavy atom. The summed E-state index contributed by atoms with van der Waals surface area (Å²) in [5.74, 6) is -0.265. The number of likely N-dealkylation sites (tertiary alicyclic amines) is 1. The zero-order valence-corrected chi connectivity index (χ0v) is 13.6. The summed E-state index contributed by atoms with van der Waals surface area (Å²) in [6.45, 7) is 0.917. The van der Waals surface area contributed by atoms with Gasteiger partial charge in [0.05, 0.1) is 6.61 Å². The van der Waals surface area contributed by atoms with Gasteiger partial charge in [0.2, 0.25) is 5.91 Å². The lowest BCUT2D eigenvalue weighted by Crippen LogP contribution is -2.41. The van der Waals surface area contributed by atoms with Gasteiger partial charge in [0.1, 0.15) is 11.8 Å². The molecule has 1 aromatic carbocycles. The number of para-hydroxylation sites is 1. The third kappa shape index (κ3) is 4.69. The molecule has 0 radical (unpaired) electrons. The van der Waals surface area contributed by atoms with Crippen LogP contribution >= 0.6 is 0 Å². The van der Waals surface area contributed by atoms with Crippen LogP contribution in [0.25, 0.3) is 0 Å². The molecular weight excluding hydrogens is 296 g/mol. The van der Waals surface area contributed by atoms with E-state index in [-0.39, 0.29) is 11.9 Å². The standard InChI is InChI=1S/C17H24N2O4/c1-18(2)13-11-15(17(21)22)19(12-13)16(20)9-6-10-23-14-7-4-3-5-8-14/h3-5,7-8,13,15H,6,9-12H2,1-2H3,(H,21,22)/t13-,15+/m1/s1. The van der Waals surface area contributed by atoms with Crippen molar-refractivity contribution in [1.29, 1.82) is 0 Å². The largest absolute Gasteiger partial charge is 0.494 e. The highest BCUT2D eigenvalue weighted by molar-refractivity contribution is 5.84. The predicted octanol–water partition coefficient (Wildman–Crippen LogP) is 1.46. The Kier molecular flexibility index (Phi) is 5.98. The molecule has 1 heterocycles. The van der Waals surface area contributed by atoms with Crippen LogP contribution in [0.1, 0.15) is 19.3 Å². The fourth-order valence-electron chi connectivity index (χ4n) is 2.77. The molecule has 2 atom stereocenters. The number of carboxylic acids is 1. The molecule has 2 rings (SSSR count). The number of amides is 1. The second-order valence-corrected chi connectivity index (χ2v) is 6.02. The zero-order valence-electron chi connectivity index (χ0n) is 13.6. The van der Waals surface area contributed by atoms with Crippen molar-refractivity contribution in [3.05, 3.63) is 30.3 Å². The van der Waals surface area contributed by atoms with Crippen molar-refractivity contribution in [3.8, 4) is 5.75 Å². The van der Waals surface area contributed by atoms with E-state index in [1.165, 1.54) is 4.90 Å². The molecule has 0 bridgehead atoms. The summed E-state index contributed by atoms with van der Waals surface area (Å²) < 4.78 is 5.56. The average Bonchev–Trinajstić information content (AvgIpc) is 2.98. The number of aliphatic carboxylic acids is 1. The van der Waals surface area contributed by atoms with Crippen LogP contribution in [-0.2, 0) is 9.59 Å². The number of ether oxygens (including phenoxy) is 1. The maximum Gasteiger partial charge on any atom is 0.326 e. The van der Waals surface area contributed by atoms with E-state index in [1.807, 2.05) is 49.3 Å². The summed E-state index contributed by atoms with van der Waals surface area (Å²) in [6.07, 6.45) is 1.36. The Hall–Kier alpha value is -2.08. The van der Waals surface area contributed by atoms with Crippen LogP contribution in [-0.4, -0.2) is 66.1 Å². The molecule has 6 nitrogen and oxygen atoms in total. The van der Waals surface area contributed by atoms with Gasteiger partial charge in [-0.1, -0.05) is 18.2 Å². The Morgan fingerprint density at radius 3 is 2.61 bits per heavy atom. The zero-order chi connectivity index (χ0) is 16.8. The molecule has 0 aromatic heterocycles. The number of hydrogen-bond donors (Lipinski definition) is 1. The summed E-state index contributed by atoms with van der Waals surface area (Å²) >= 11 is 0. The van der Waals surface area contributed by atoms with E-state index in [0.29, 0.717) is 32.4 Å². The monoisotopic (exact) mass is 320 g/mol. The number of carbonyl (C=O) groups excluding carboxylic acids is 1. The lowest BCUT2D eigenvalue weighted by molar-refractivity contribution is -0.148. The summed E-state index contributed by atoms with van der Waals surface area (Å²) in [5, 5.41) is 9.32. The molecule has 1 aromatic rings. The minimum absolute atomic E-state index is 0.0978. The third-order valence-electron chi connectivity index (χ3n) is 4.16. The van der Waals surface area contributed by atoms with Crippen molar-refractivity contribution in [1.82, 2.24) is 9.80 Å². The van der Waals surface area contributed by atoms with Gasteiger partial charge in [-0.2, -0.15) is 0 Å². The van der Waals surface area contributed by atoms with Gasteiger partial charge in [-0.3, -0.25) is 4.79 Å². The van der Waals surface area contributed by atoms with Gasteiger partial charge in [0.15, 0.2) is 0 Å². The number of benzene rings is 1. The summed E-state index contributed by atoms with van der Waals surface area (Å²) in [5.41, 5.74) is 0. The summed E-state index contributed by atoms with van der Waals surface area (Å²) in [6, 6.07) is 8.81. The number of hydrogen-bond acceptors (Lipinski definition) is 4. The van der Waals surface area contributed by atoms with Crippen molar-refractivity contribution >= 4 is 11.9 Å². The normalized spacial score (nSPS) is 20.7. The van der Waals surface area contributed by atoms with E-state index in [4.69, 9.17) is 4.74 Å². The third-order valence-corrected chi connectivity index (χ3v) is 4.16. The van der Waals surface area contributed by atoms with Gasteiger partial charge in [0, 0.05) is 19.0 Å². The number of rotatable bonds is 7. The SMILES string of the molecule is CN(C)[C@@H]1C[C@@H](C(=O)O)N(C(=O)CCCOc2ccccc2)C1. The molecule has 1 aliphatic heterocycles. The smallest absolute Gasteiger partial charge is 0.326 e. The molecule has 6 heteroatoms. The Labute approximate surface area is 136 Å². The minimum Gasteiger partial charge on any atom is -0.494 e. The molecule has 0 aliphatic carbocycles. The number of carboxylic acid groups (broad SMARTS) is 1. The maximum atomic E-state index is 12.3. The molecule has 126 valence electrons. The Morgan fingerprint density at radius 2 is 2.00 bits per heavy atom. The molecule has 1 aliphatic rings. The molecule has 1 N–H and O–H groups in total. The van der Waals surface area contributed by atoms with Gasteiger partial charge in [-0.25, -0.2) is 4.79 Å². The van der Waals surface area contributed by atoms with Crippen LogP contribution < -0.4 is 4.74 Å². The average molecular weight is 320 g/mol. The lowest BCUT2D eigenvalue weighted by atomic mass is 10.1. The fourth-order valence-corrected chi connectivity index (χ4v) is 2.77. The van der Waals surface area contributed by atoms with Gasteiger partial charge in [-0.05, 0) is 39.1 Å². The first-order chi connectivity index (χ1) is 11.0. The number of carbonyl (C=O) groups is 2. The minimum atomic E-state index is -0.928. The number of nitrogens with zero attached hydrogens (tertiary/aromatic N) is 2. The second-order valence-electron chi connectivity index (χ2n) is 6.02. The van der Waals surface area contributed by atoms with Crippen LogP contribution in [0.15, 0.2) is 30.3 Å². The van der Waals surface area contributed by atoms with Crippen molar-refractivity contribution in [2.45, 2.75) is 31.3 Å². The fraction of sp³-hybridized carbons (Fsp3) is 0.529. The van der Waals surface area contributed by atoms with Crippen molar-refractivity contribution in [2.75, 3.05) is 27.2 Å².